The van der Waals surface area contributed by atoms with E-state index in [1.165, 1.54) is 0 Å². The van der Waals surface area contributed by atoms with Crippen molar-refractivity contribution in [3.63, 3.8) is 0 Å². The molecule has 4 rings (SSSR count). The molecule has 0 bridgehead atoms. The Hall–Kier alpha value is -1.99. The fourth-order valence-corrected chi connectivity index (χ4v) is 4.76. The Labute approximate surface area is 173 Å². The van der Waals surface area contributed by atoms with Crippen LogP contribution in [0.4, 0.5) is 11.5 Å². The summed E-state index contributed by atoms with van der Waals surface area (Å²) >= 11 is 7.74. The maximum atomic E-state index is 13.0. The molecule has 1 fully saturated rings. The predicted molar refractivity (Wildman–Crippen MR) is 113 cm³/mol. The van der Waals surface area contributed by atoms with Crippen LogP contribution in [-0.4, -0.2) is 28.1 Å². The first kappa shape index (κ1) is 19.3. The molecule has 3 heterocycles. The van der Waals surface area contributed by atoms with Crippen molar-refractivity contribution >= 4 is 46.7 Å². The molecule has 1 aromatic heterocycles. The summed E-state index contributed by atoms with van der Waals surface area (Å²) in [6, 6.07) is 7.11. The van der Waals surface area contributed by atoms with Gasteiger partial charge in [0, 0.05) is 40.7 Å². The molecule has 1 atom stereocenters. The molecular formula is C20H23ClN4O2S. The topological polar surface area (TPSA) is 67.2 Å². The van der Waals surface area contributed by atoms with E-state index >= 15 is 0 Å². The molecule has 0 radical (unpaired) electrons. The van der Waals surface area contributed by atoms with Crippen molar-refractivity contribution in [1.82, 2.24) is 9.78 Å². The van der Waals surface area contributed by atoms with Crippen LogP contribution in [-0.2, 0) is 26.6 Å². The largest absolute Gasteiger partial charge is 0.312 e. The van der Waals surface area contributed by atoms with Crippen molar-refractivity contribution < 1.29 is 9.59 Å². The highest BCUT2D eigenvalue weighted by Crippen LogP contribution is 2.37. The third kappa shape index (κ3) is 3.53. The fraction of sp³-hybridized carbons (Fsp3) is 0.450. The Morgan fingerprint density at radius 3 is 2.64 bits per heavy atom. The maximum absolute atomic E-state index is 13.0. The van der Waals surface area contributed by atoms with Crippen LogP contribution in [0.3, 0.4) is 0 Å². The molecule has 2 amide bonds. The molecular weight excluding hydrogens is 396 g/mol. The second kappa shape index (κ2) is 7.12. The van der Waals surface area contributed by atoms with Gasteiger partial charge in [-0.05, 0) is 45.0 Å². The summed E-state index contributed by atoms with van der Waals surface area (Å²) < 4.78 is 1.91. The number of thioether (sulfide) groups is 1. The summed E-state index contributed by atoms with van der Waals surface area (Å²) in [6.45, 7) is 6.57. The lowest BCUT2D eigenvalue weighted by molar-refractivity contribution is -0.122. The van der Waals surface area contributed by atoms with Gasteiger partial charge in [-0.2, -0.15) is 16.9 Å². The van der Waals surface area contributed by atoms with Crippen LogP contribution in [0.2, 0.25) is 5.02 Å². The van der Waals surface area contributed by atoms with Gasteiger partial charge in [0.1, 0.15) is 5.82 Å². The summed E-state index contributed by atoms with van der Waals surface area (Å²) in [5.41, 5.74) is 2.67. The van der Waals surface area contributed by atoms with Crippen molar-refractivity contribution in [1.29, 1.82) is 0 Å². The second-order valence-electron chi connectivity index (χ2n) is 8.22. The Balaban J connectivity index is 1.54. The highest BCUT2D eigenvalue weighted by atomic mass is 35.5. The zero-order chi connectivity index (χ0) is 20.1. The van der Waals surface area contributed by atoms with E-state index in [2.05, 4.69) is 26.1 Å². The molecule has 2 aliphatic heterocycles. The minimum absolute atomic E-state index is 0.0485. The van der Waals surface area contributed by atoms with Crippen LogP contribution in [0, 0.1) is 5.92 Å². The zero-order valence-electron chi connectivity index (χ0n) is 16.2. The van der Waals surface area contributed by atoms with E-state index in [4.69, 9.17) is 16.7 Å². The van der Waals surface area contributed by atoms with Gasteiger partial charge in [-0.25, -0.2) is 4.68 Å². The molecule has 2 aromatic rings. The molecule has 0 spiro atoms. The monoisotopic (exact) mass is 418 g/mol. The molecule has 28 heavy (non-hydrogen) atoms. The molecule has 6 nitrogen and oxygen atoms in total. The standard InChI is InChI=1S/C20H23ClN4O2S/c1-20(2,3)25-18(15-10-28-11-16(15)23-25)22-19(27)12-8-17(26)24(9-12)14-6-4-13(21)5-7-14/h4-7,12H,8-11H2,1-3H3,(H,22,27). The van der Waals surface area contributed by atoms with Crippen LogP contribution >= 0.6 is 23.4 Å². The average molecular weight is 419 g/mol. The smallest absolute Gasteiger partial charge is 0.230 e. The van der Waals surface area contributed by atoms with Gasteiger partial charge >= 0.3 is 0 Å². The Kier molecular flexibility index (Phi) is 4.91. The molecule has 148 valence electrons. The van der Waals surface area contributed by atoms with E-state index in [0.29, 0.717) is 11.6 Å². The zero-order valence-corrected chi connectivity index (χ0v) is 17.7. The number of carbonyl (C=O) groups is 2. The maximum Gasteiger partial charge on any atom is 0.230 e. The number of aromatic nitrogens is 2. The van der Waals surface area contributed by atoms with Gasteiger partial charge in [0.05, 0.1) is 17.2 Å². The fourth-order valence-electron chi connectivity index (χ4n) is 3.60. The van der Waals surface area contributed by atoms with Gasteiger partial charge in [-0.3, -0.25) is 9.59 Å². The normalized spacial score (nSPS) is 19.2. The van der Waals surface area contributed by atoms with Gasteiger partial charge in [0.2, 0.25) is 11.8 Å². The SMILES string of the molecule is CC(C)(C)n1nc2c(c1NC(=O)C1CC(=O)N(c3ccc(Cl)cc3)C1)CSC2. The number of amides is 2. The number of carbonyl (C=O) groups excluding carboxylic acids is 2. The number of halogens is 1. The van der Waals surface area contributed by atoms with Crippen LogP contribution in [0.1, 0.15) is 38.4 Å². The molecule has 0 aliphatic carbocycles. The van der Waals surface area contributed by atoms with Crippen molar-refractivity contribution in [2.45, 2.75) is 44.2 Å². The number of fused-ring (bicyclic) bond motifs is 1. The number of nitrogens with one attached hydrogen (secondary N) is 1. The predicted octanol–water partition coefficient (Wildman–Crippen LogP) is 4.03. The minimum atomic E-state index is -0.392. The lowest BCUT2D eigenvalue weighted by atomic mass is 10.1. The minimum Gasteiger partial charge on any atom is -0.312 e. The first-order chi connectivity index (χ1) is 13.2. The van der Waals surface area contributed by atoms with Gasteiger partial charge in [0.15, 0.2) is 0 Å². The highest BCUT2D eigenvalue weighted by molar-refractivity contribution is 7.98. The quantitative estimate of drug-likeness (QED) is 0.817. The third-order valence-corrected chi connectivity index (χ3v) is 6.29. The van der Waals surface area contributed by atoms with E-state index in [0.717, 1.165) is 34.3 Å². The summed E-state index contributed by atoms with van der Waals surface area (Å²) in [7, 11) is 0. The summed E-state index contributed by atoms with van der Waals surface area (Å²) in [5.74, 6) is 1.92. The highest BCUT2D eigenvalue weighted by Gasteiger charge is 2.37. The van der Waals surface area contributed by atoms with E-state index in [1.54, 1.807) is 40.9 Å². The first-order valence-electron chi connectivity index (χ1n) is 9.30. The summed E-state index contributed by atoms with van der Waals surface area (Å²) in [4.78, 5) is 27.1. The average Bonchev–Trinajstić information content (AvgIpc) is 3.31. The molecule has 8 heteroatoms. The van der Waals surface area contributed by atoms with Gasteiger partial charge in [-0.1, -0.05) is 11.6 Å². The van der Waals surface area contributed by atoms with E-state index < -0.39 is 5.92 Å². The number of hydrogen-bond donors (Lipinski definition) is 1. The number of benzene rings is 1. The molecule has 2 aliphatic rings. The van der Waals surface area contributed by atoms with E-state index in [-0.39, 0.29) is 23.8 Å². The Morgan fingerprint density at radius 1 is 1.25 bits per heavy atom. The number of rotatable bonds is 3. The van der Waals surface area contributed by atoms with Crippen LogP contribution in [0.25, 0.3) is 0 Å². The Bertz CT molecular complexity index is 933. The molecule has 1 N–H and O–H groups in total. The van der Waals surface area contributed by atoms with Crippen LogP contribution < -0.4 is 10.2 Å². The number of hydrogen-bond acceptors (Lipinski definition) is 4. The first-order valence-corrected chi connectivity index (χ1v) is 10.8. The van der Waals surface area contributed by atoms with E-state index in [1.807, 2.05) is 4.68 Å². The van der Waals surface area contributed by atoms with Gasteiger partial charge in [-0.15, -0.1) is 0 Å². The molecule has 1 saturated heterocycles. The van der Waals surface area contributed by atoms with Crippen molar-refractivity contribution in [2.24, 2.45) is 5.92 Å². The van der Waals surface area contributed by atoms with Crippen molar-refractivity contribution in [2.75, 3.05) is 16.8 Å². The van der Waals surface area contributed by atoms with Crippen molar-refractivity contribution in [3.05, 3.63) is 40.5 Å². The second-order valence-corrected chi connectivity index (χ2v) is 9.64. The summed E-state index contributed by atoms with van der Waals surface area (Å²) in [5, 5.41) is 8.43. The lowest BCUT2D eigenvalue weighted by Crippen LogP contribution is -2.31. The van der Waals surface area contributed by atoms with Gasteiger partial charge in [0.25, 0.3) is 0 Å². The third-order valence-electron chi connectivity index (χ3n) is 5.06. The lowest BCUT2D eigenvalue weighted by Gasteiger charge is -2.24. The molecule has 1 unspecified atom stereocenters. The Morgan fingerprint density at radius 2 is 1.96 bits per heavy atom. The summed E-state index contributed by atoms with van der Waals surface area (Å²) in [6.07, 6.45) is 0.203. The van der Waals surface area contributed by atoms with E-state index in [9.17, 15) is 9.59 Å². The van der Waals surface area contributed by atoms with Gasteiger partial charge < -0.3 is 10.2 Å². The molecule has 0 saturated carbocycles. The number of anilines is 2. The van der Waals surface area contributed by atoms with Crippen LogP contribution in [0.15, 0.2) is 24.3 Å². The van der Waals surface area contributed by atoms with Crippen LogP contribution in [0.5, 0.6) is 0 Å². The van der Waals surface area contributed by atoms with Crippen molar-refractivity contribution in [3.8, 4) is 0 Å². The number of nitrogens with zero attached hydrogens (tertiary/aromatic N) is 3. The molecule has 1 aromatic carbocycles.